The Morgan fingerprint density at radius 3 is 2.41 bits per heavy atom. The van der Waals surface area contributed by atoms with Gasteiger partial charge in [0.05, 0.1) is 6.04 Å². The van der Waals surface area contributed by atoms with Crippen LogP contribution in [-0.2, 0) is 11.2 Å². The van der Waals surface area contributed by atoms with Gasteiger partial charge in [-0.25, -0.2) is 0 Å². The van der Waals surface area contributed by atoms with Gasteiger partial charge in [0.15, 0.2) is 0 Å². The maximum atomic E-state index is 12.5. The van der Waals surface area contributed by atoms with Gasteiger partial charge >= 0.3 is 0 Å². The molecule has 1 aliphatic rings. The van der Waals surface area contributed by atoms with Crippen molar-refractivity contribution >= 4 is 5.91 Å². The zero-order chi connectivity index (χ0) is 15.4. The molecular weight excluding hydrogens is 272 g/mol. The highest BCUT2D eigenvalue weighted by molar-refractivity contribution is 5.82. The Labute approximate surface area is 131 Å². The van der Waals surface area contributed by atoms with E-state index in [1.807, 2.05) is 41.3 Å². The minimum Gasteiger partial charge on any atom is -0.341 e. The Balaban J connectivity index is 1.59. The van der Waals surface area contributed by atoms with Crippen LogP contribution in [-0.4, -0.2) is 29.9 Å². The molecule has 3 heteroatoms. The molecule has 0 aliphatic carbocycles. The van der Waals surface area contributed by atoms with Gasteiger partial charge in [0.2, 0.25) is 5.91 Å². The lowest BCUT2D eigenvalue weighted by Gasteiger charge is -2.21. The van der Waals surface area contributed by atoms with Crippen LogP contribution in [0.15, 0.2) is 60.7 Å². The molecule has 1 fully saturated rings. The third-order valence-corrected chi connectivity index (χ3v) is 4.39. The van der Waals surface area contributed by atoms with Crippen LogP contribution in [0.1, 0.15) is 23.5 Å². The number of amides is 1. The average molecular weight is 294 g/mol. The molecule has 0 radical (unpaired) electrons. The maximum absolute atomic E-state index is 12.5. The third-order valence-electron chi connectivity index (χ3n) is 4.39. The van der Waals surface area contributed by atoms with Crippen molar-refractivity contribution < 1.29 is 4.79 Å². The Hall–Kier alpha value is -2.13. The van der Waals surface area contributed by atoms with Gasteiger partial charge < -0.3 is 10.6 Å². The minimum absolute atomic E-state index is 0.0716. The highest BCUT2D eigenvalue weighted by atomic mass is 16.2. The van der Waals surface area contributed by atoms with E-state index in [4.69, 9.17) is 5.73 Å². The molecule has 0 spiro atoms. The first-order chi connectivity index (χ1) is 10.7. The molecule has 1 aliphatic heterocycles. The minimum atomic E-state index is -0.447. The molecule has 0 bridgehead atoms. The predicted molar refractivity (Wildman–Crippen MR) is 88.5 cm³/mol. The Morgan fingerprint density at radius 1 is 1.09 bits per heavy atom. The number of rotatable bonds is 4. The van der Waals surface area contributed by atoms with E-state index in [2.05, 4.69) is 24.3 Å². The Bertz CT molecular complexity index is 612. The fraction of sp³-hybridized carbons (Fsp3) is 0.316. The summed E-state index contributed by atoms with van der Waals surface area (Å²) in [7, 11) is 0. The summed E-state index contributed by atoms with van der Waals surface area (Å²) in [4.78, 5) is 14.4. The molecule has 3 nitrogen and oxygen atoms in total. The molecule has 2 N–H and O–H groups in total. The molecule has 2 aromatic carbocycles. The number of nitrogens with two attached hydrogens (primary N) is 1. The van der Waals surface area contributed by atoms with Crippen molar-refractivity contribution in [3.63, 3.8) is 0 Å². The van der Waals surface area contributed by atoms with E-state index in [1.165, 1.54) is 5.56 Å². The highest BCUT2D eigenvalue weighted by Crippen LogP contribution is 2.27. The van der Waals surface area contributed by atoms with E-state index in [0.717, 1.165) is 25.1 Å². The van der Waals surface area contributed by atoms with E-state index in [1.54, 1.807) is 0 Å². The van der Waals surface area contributed by atoms with Gasteiger partial charge in [-0.1, -0.05) is 60.7 Å². The largest absolute Gasteiger partial charge is 0.341 e. The summed E-state index contributed by atoms with van der Waals surface area (Å²) in [6.07, 6.45) is 1.62. The predicted octanol–water partition coefficient (Wildman–Crippen LogP) is 2.57. The molecule has 0 saturated carbocycles. The van der Waals surface area contributed by atoms with Crippen LogP contribution in [0, 0.1) is 0 Å². The SMILES string of the molecule is N[C@H](Cc1ccccc1)C(=O)N1CC[C@H](c2ccccc2)C1. The smallest absolute Gasteiger partial charge is 0.239 e. The molecule has 1 amide bonds. The van der Waals surface area contributed by atoms with Crippen LogP contribution < -0.4 is 5.73 Å². The normalized spacial score (nSPS) is 19.1. The van der Waals surface area contributed by atoms with E-state index in [9.17, 15) is 4.79 Å². The summed E-state index contributed by atoms with van der Waals surface area (Å²) < 4.78 is 0. The van der Waals surface area contributed by atoms with Crippen LogP contribution in [0.5, 0.6) is 0 Å². The molecular formula is C19H22N2O. The van der Waals surface area contributed by atoms with Crippen LogP contribution in [0.4, 0.5) is 0 Å². The van der Waals surface area contributed by atoms with Crippen molar-refractivity contribution in [2.45, 2.75) is 24.8 Å². The molecule has 3 rings (SSSR count). The molecule has 2 aromatic rings. The zero-order valence-corrected chi connectivity index (χ0v) is 12.7. The fourth-order valence-corrected chi connectivity index (χ4v) is 3.15. The van der Waals surface area contributed by atoms with Crippen molar-refractivity contribution in [1.82, 2.24) is 4.90 Å². The molecule has 2 atom stereocenters. The van der Waals surface area contributed by atoms with Crippen molar-refractivity contribution in [3.05, 3.63) is 71.8 Å². The summed E-state index contributed by atoms with van der Waals surface area (Å²) in [6, 6.07) is 19.9. The van der Waals surface area contributed by atoms with Gasteiger partial charge in [-0.2, -0.15) is 0 Å². The van der Waals surface area contributed by atoms with Crippen molar-refractivity contribution in [1.29, 1.82) is 0 Å². The number of benzene rings is 2. The van der Waals surface area contributed by atoms with Crippen LogP contribution in [0.25, 0.3) is 0 Å². The van der Waals surface area contributed by atoms with E-state index < -0.39 is 6.04 Å². The second-order valence-corrected chi connectivity index (χ2v) is 5.98. The molecule has 0 aromatic heterocycles. The number of hydrogen-bond acceptors (Lipinski definition) is 2. The van der Waals surface area contributed by atoms with Crippen molar-refractivity contribution in [2.24, 2.45) is 5.73 Å². The Morgan fingerprint density at radius 2 is 1.73 bits per heavy atom. The van der Waals surface area contributed by atoms with E-state index in [-0.39, 0.29) is 5.91 Å². The number of hydrogen-bond donors (Lipinski definition) is 1. The first-order valence-electron chi connectivity index (χ1n) is 7.87. The van der Waals surface area contributed by atoms with Gasteiger partial charge in [-0.3, -0.25) is 4.79 Å². The van der Waals surface area contributed by atoms with Crippen molar-refractivity contribution in [3.8, 4) is 0 Å². The summed E-state index contributed by atoms with van der Waals surface area (Å²) in [5, 5.41) is 0. The second-order valence-electron chi connectivity index (χ2n) is 5.98. The topological polar surface area (TPSA) is 46.3 Å². The summed E-state index contributed by atoms with van der Waals surface area (Å²) >= 11 is 0. The molecule has 1 saturated heterocycles. The van der Waals surface area contributed by atoms with Gasteiger partial charge in [0.1, 0.15) is 0 Å². The van der Waals surface area contributed by atoms with Crippen molar-refractivity contribution in [2.75, 3.05) is 13.1 Å². The second kappa shape index (κ2) is 6.75. The number of carbonyl (C=O) groups is 1. The molecule has 114 valence electrons. The molecule has 0 unspecified atom stereocenters. The zero-order valence-electron chi connectivity index (χ0n) is 12.7. The first-order valence-corrected chi connectivity index (χ1v) is 7.87. The fourth-order valence-electron chi connectivity index (χ4n) is 3.15. The lowest BCUT2D eigenvalue weighted by Crippen LogP contribution is -2.43. The summed E-state index contributed by atoms with van der Waals surface area (Å²) in [5.41, 5.74) is 8.55. The molecule has 1 heterocycles. The standard InChI is InChI=1S/C19H22N2O/c20-18(13-15-7-3-1-4-8-15)19(22)21-12-11-17(14-21)16-9-5-2-6-10-16/h1-10,17-18H,11-14,20H2/t17-,18+/m0/s1. The number of nitrogens with zero attached hydrogens (tertiary/aromatic N) is 1. The van der Waals surface area contributed by atoms with Crippen LogP contribution >= 0.6 is 0 Å². The van der Waals surface area contributed by atoms with Gasteiger partial charge in [-0.15, -0.1) is 0 Å². The Kier molecular flexibility index (Phi) is 4.54. The lowest BCUT2D eigenvalue weighted by molar-refractivity contribution is -0.131. The quantitative estimate of drug-likeness (QED) is 0.942. The monoisotopic (exact) mass is 294 g/mol. The maximum Gasteiger partial charge on any atom is 0.239 e. The first kappa shape index (κ1) is 14.8. The number of carbonyl (C=O) groups excluding carboxylic acids is 1. The van der Waals surface area contributed by atoms with Crippen LogP contribution in [0.3, 0.4) is 0 Å². The average Bonchev–Trinajstić information content (AvgIpc) is 3.06. The summed E-state index contributed by atoms with van der Waals surface area (Å²) in [6.45, 7) is 1.59. The third kappa shape index (κ3) is 3.37. The van der Waals surface area contributed by atoms with Gasteiger partial charge in [-0.05, 0) is 24.0 Å². The van der Waals surface area contributed by atoms with E-state index in [0.29, 0.717) is 12.3 Å². The van der Waals surface area contributed by atoms with E-state index >= 15 is 0 Å². The molecule has 22 heavy (non-hydrogen) atoms. The highest BCUT2D eigenvalue weighted by Gasteiger charge is 2.29. The number of likely N-dealkylation sites (tertiary alicyclic amines) is 1. The van der Waals surface area contributed by atoms with Crippen LogP contribution in [0.2, 0.25) is 0 Å². The summed E-state index contributed by atoms with van der Waals surface area (Å²) in [5.74, 6) is 0.511. The van der Waals surface area contributed by atoms with Gasteiger partial charge in [0, 0.05) is 19.0 Å². The van der Waals surface area contributed by atoms with Gasteiger partial charge in [0.25, 0.3) is 0 Å². The lowest BCUT2D eigenvalue weighted by atomic mass is 9.99.